The average Bonchev–Trinajstić information content (AvgIpc) is 2.35. The highest BCUT2D eigenvalue weighted by atomic mass is 16.6. The van der Waals surface area contributed by atoms with Crippen molar-refractivity contribution >= 4 is 5.97 Å². The molecule has 0 saturated carbocycles. The number of benzene rings is 1. The van der Waals surface area contributed by atoms with Gasteiger partial charge in [-0.05, 0) is 38.5 Å². The van der Waals surface area contributed by atoms with E-state index in [1.165, 1.54) is 0 Å². The molecule has 1 aromatic rings. The van der Waals surface area contributed by atoms with Gasteiger partial charge in [-0.25, -0.2) is 0 Å². The zero-order chi connectivity index (χ0) is 16.2. The monoisotopic (exact) mass is 295 g/mol. The van der Waals surface area contributed by atoms with Gasteiger partial charge in [-0.2, -0.15) is 0 Å². The third-order valence-corrected chi connectivity index (χ3v) is 3.78. The maximum Gasteiger partial charge on any atom is 0.308 e. The van der Waals surface area contributed by atoms with Crippen LogP contribution in [0.1, 0.15) is 32.8 Å². The van der Waals surface area contributed by atoms with Gasteiger partial charge in [-0.1, -0.05) is 12.1 Å². The second-order valence-electron chi connectivity index (χ2n) is 5.54. The van der Waals surface area contributed by atoms with Gasteiger partial charge in [0.25, 0.3) is 0 Å². The minimum atomic E-state index is -0.792. The van der Waals surface area contributed by atoms with Gasteiger partial charge in [0.05, 0.1) is 6.42 Å². The highest BCUT2D eigenvalue weighted by Crippen LogP contribution is 2.35. The maximum absolute atomic E-state index is 12.1. The van der Waals surface area contributed by atoms with Gasteiger partial charge in [0.1, 0.15) is 12.0 Å². The first-order valence-electron chi connectivity index (χ1n) is 6.96. The lowest BCUT2D eigenvalue weighted by Gasteiger charge is -2.40. The quantitative estimate of drug-likeness (QED) is 0.449. The number of phenols is 1. The van der Waals surface area contributed by atoms with Crippen LogP contribution >= 0.6 is 0 Å². The molecule has 0 aliphatic carbocycles. The zero-order valence-corrected chi connectivity index (χ0v) is 12.7. The Morgan fingerprint density at radius 2 is 1.62 bits per heavy atom. The van der Waals surface area contributed by atoms with Crippen molar-refractivity contribution in [1.82, 2.24) is 0 Å². The molecule has 3 atom stereocenters. The lowest BCUT2D eigenvalue weighted by Crippen LogP contribution is -2.56. The Kier molecular flexibility index (Phi) is 5.71. The molecule has 0 heterocycles. The highest BCUT2D eigenvalue weighted by molar-refractivity contribution is 5.72. The van der Waals surface area contributed by atoms with Crippen LogP contribution in [0.15, 0.2) is 24.3 Å². The Morgan fingerprint density at radius 3 is 2.00 bits per heavy atom. The summed E-state index contributed by atoms with van der Waals surface area (Å²) < 4.78 is 5.03. The first-order chi connectivity index (χ1) is 9.70. The van der Waals surface area contributed by atoms with E-state index in [9.17, 15) is 9.90 Å². The summed E-state index contributed by atoms with van der Waals surface area (Å²) in [5.74, 6) is -0.312. The van der Waals surface area contributed by atoms with E-state index in [-0.39, 0.29) is 24.3 Å². The highest BCUT2D eigenvalue weighted by Gasteiger charge is 2.42. The molecule has 0 fully saturated rings. The van der Waals surface area contributed by atoms with E-state index in [1.54, 1.807) is 45.0 Å². The van der Waals surface area contributed by atoms with Crippen LogP contribution in [0.25, 0.3) is 0 Å². The number of carbonyl (C=O) groups is 1. The van der Waals surface area contributed by atoms with Crippen molar-refractivity contribution in [3.8, 4) is 5.75 Å². The van der Waals surface area contributed by atoms with E-state index in [4.69, 9.17) is 21.9 Å². The SMILES string of the molecule is CC(N)OC(=O)CC(c1ccc(O)cc1)(C(C)N)C(C)N. The van der Waals surface area contributed by atoms with E-state index < -0.39 is 17.6 Å². The summed E-state index contributed by atoms with van der Waals surface area (Å²) in [6, 6.07) is 5.77. The first-order valence-corrected chi connectivity index (χ1v) is 6.96. The van der Waals surface area contributed by atoms with Crippen LogP contribution in [0.4, 0.5) is 0 Å². The molecular formula is C15H25N3O3. The van der Waals surface area contributed by atoms with E-state index in [1.807, 2.05) is 0 Å². The number of carbonyl (C=O) groups excluding carboxylic acids is 1. The minimum absolute atomic E-state index is 0.0225. The summed E-state index contributed by atoms with van der Waals surface area (Å²) in [5, 5.41) is 9.43. The average molecular weight is 295 g/mol. The van der Waals surface area contributed by atoms with Crippen molar-refractivity contribution in [2.75, 3.05) is 0 Å². The Hall–Kier alpha value is -1.63. The second-order valence-corrected chi connectivity index (χ2v) is 5.54. The summed E-state index contributed by atoms with van der Waals surface area (Å²) in [6.45, 7) is 5.18. The van der Waals surface area contributed by atoms with Gasteiger partial charge in [0.2, 0.25) is 0 Å². The standard InChI is InChI=1S/C15H25N3O3/c1-9(16)15(10(2)17,8-14(20)21-11(3)18)12-4-6-13(19)7-5-12/h4-7,9-11,19H,8,16-18H2,1-3H3. The van der Waals surface area contributed by atoms with Crippen LogP contribution in [0, 0.1) is 0 Å². The number of ether oxygens (including phenoxy) is 1. The largest absolute Gasteiger partial charge is 0.508 e. The van der Waals surface area contributed by atoms with Gasteiger partial charge < -0.3 is 21.3 Å². The maximum atomic E-state index is 12.1. The van der Waals surface area contributed by atoms with Crippen LogP contribution in [0.2, 0.25) is 0 Å². The van der Waals surface area contributed by atoms with Gasteiger partial charge in [-0.15, -0.1) is 0 Å². The third kappa shape index (κ3) is 3.93. The molecule has 1 rings (SSSR count). The van der Waals surface area contributed by atoms with Crippen molar-refractivity contribution in [3.05, 3.63) is 29.8 Å². The number of hydrogen-bond acceptors (Lipinski definition) is 6. The molecule has 0 aromatic heterocycles. The van der Waals surface area contributed by atoms with Crippen molar-refractivity contribution in [1.29, 1.82) is 0 Å². The van der Waals surface area contributed by atoms with Crippen molar-refractivity contribution < 1.29 is 14.6 Å². The van der Waals surface area contributed by atoms with Gasteiger partial charge in [0.15, 0.2) is 0 Å². The summed E-state index contributed by atoms with van der Waals surface area (Å²) in [7, 11) is 0. The van der Waals surface area contributed by atoms with E-state index in [0.29, 0.717) is 0 Å². The Bertz CT molecular complexity index is 462. The Labute approximate surface area is 125 Å². The summed E-state index contributed by atoms with van der Waals surface area (Å²) >= 11 is 0. The predicted molar refractivity (Wildman–Crippen MR) is 81.4 cm³/mol. The molecule has 0 amide bonds. The molecule has 0 aliphatic heterocycles. The van der Waals surface area contributed by atoms with E-state index in [0.717, 1.165) is 5.56 Å². The van der Waals surface area contributed by atoms with Crippen LogP contribution in [-0.2, 0) is 14.9 Å². The summed E-state index contributed by atoms with van der Waals surface area (Å²) in [5.41, 5.74) is 17.8. The van der Waals surface area contributed by atoms with E-state index in [2.05, 4.69) is 0 Å². The second kappa shape index (κ2) is 6.89. The normalized spacial score (nSPS) is 18.4. The van der Waals surface area contributed by atoms with Crippen LogP contribution in [0.5, 0.6) is 5.75 Å². The fourth-order valence-corrected chi connectivity index (χ4v) is 2.62. The smallest absolute Gasteiger partial charge is 0.308 e. The molecule has 1 aromatic carbocycles. The Balaban J connectivity index is 3.22. The van der Waals surface area contributed by atoms with Crippen LogP contribution in [-0.4, -0.2) is 29.4 Å². The minimum Gasteiger partial charge on any atom is -0.508 e. The zero-order valence-electron chi connectivity index (χ0n) is 12.7. The molecule has 0 bridgehead atoms. The Morgan fingerprint density at radius 1 is 1.14 bits per heavy atom. The molecule has 7 N–H and O–H groups in total. The lowest BCUT2D eigenvalue weighted by molar-refractivity contribution is -0.150. The fourth-order valence-electron chi connectivity index (χ4n) is 2.62. The number of phenolic OH excluding ortho intramolecular Hbond substituents is 1. The number of hydrogen-bond donors (Lipinski definition) is 4. The number of esters is 1. The summed E-state index contributed by atoms with van der Waals surface area (Å²) in [4.78, 5) is 12.1. The number of rotatable bonds is 6. The first kappa shape index (κ1) is 17.4. The van der Waals surface area contributed by atoms with Crippen molar-refractivity contribution in [3.63, 3.8) is 0 Å². The van der Waals surface area contributed by atoms with Crippen molar-refractivity contribution in [2.24, 2.45) is 17.2 Å². The molecule has 118 valence electrons. The molecule has 6 nitrogen and oxygen atoms in total. The molecule has 6 heteroatoms. The fraction of sp³-hybridized carbons (Fsp3) is 0.533. The molecule has 0 saturated heterocycles. The number of nitrogens with two attached hydrogens (primary N) is 3. The predicted octanol–water partition coefficient (Wildman–Crippen LogP) is 0.562. The lowest BCUT2D eigenvalue weighted by atomic mass is 9.68. The van der Waals surface area contributed by atoms with E-state index >= 15 is 0 Å². The topological polar surface area (TPSA) is 125 Å². The van der Waals surface area contributed by atoms with Crippen molar-refractivity contribution in [2.45, 2.75) is 50.9 Å². The van der Waals surface area contributed by atoms with Gasteiger partial charge >= 0.3 is 5.97 Å². The van der Waals surface area contributed by atoms with Gasteiger partial charge in [0, 0.05) is 17.5 Å². The third-order valence-electron chi connectivity index (χ3n) is 3.78. The van der Waals surface area contributed by atoms with Crippen LogP contribution in [0.3, 0.4) is 0 Å². The molecule has 0 spiro atoms. The molecule has 21 heavy (non-hydrogen) atoms. The van der Waals surface area contributed by atoms with Crippen LogP contribution < -0.4 is 17.2 Å². The molecule has 0 radical (unpaired) electrons. The number of aromatic hydroxyl groups is 1. The molecule has 3 unspecified atom stereocenters. The van der Waals surface area contributed by atoms with Gasteiger partial charge in [-0.3, -0.25) is 10.5 Å². The molecule has 0 aliphatic rings. The molecular weight excluding hydrogens is 270 g/mol. The summed E-state index contributed by atoms with van der Waals surface area (Å²) in [6.07, 6.45) is -0.662.